The lowest BCUT2D eigenvalue weighted by Gasteiger charge is -2.02. The van der Waals surface area contributed by atoms with Gasteiger partial charge in [-0.15, -0.1) is 0 Å². The number of hydrogen-bond donors (Lipinski definition) is 0. The van der Waals surface area contributed by atoms with Crippen LogP contribution in [0, 0.1) is 0 Å². The van der Waals surface area contributed by atoms with Crippen LogP contribution in [0.25, 0.3) is 22.3 Å². The molecule has 0 bridgehead atoms. The molecule has 0 aliphatic heterocycles. The smallest absolute Gasteiger partial charge is 0.402 e. The Hall–Kier alpha value is -2.55. The molecule has 3 heteroatoms. The van der Waals surface area contributed by atoms with E-state index in [1.54, 1.807) is 14.2 Å². The molecule has 0 unspecified atom stereocenters. The van der Waals surface area contributed by atoms with Crippen LogP contribution in [-0.2, 0) is 0 Å². The summed E-state index contributed by atoms with van der Waals surface area (Å²) in [4.78, 5) is 0. The quantitative estimate of drug-likeness (QED) is 0.659. The fraction of sp³-hybridized carbons (Fsp3) is 0.118. The summed E-state index contributed by atoms with van der Waals surface area (Å²) in [6.07, 6.45) is 0. The van der Waals surface area contributed by atoms with E-state index in [1.165, 1.54) is 0 Å². The molecule has 0 saturated carbocycles. The second kappa shape index (κ2) is 5.21. The van der Waals surface area contributed by atoms with Gasteiger partial charge in [0.05, 0.1) is 25.2 Å². The van der Waals surface area contributed by atoms with Gasteiger partial charge >= 0.3 is 11.3 Å². The Bertz CT molecular complexity index is 733. The minimum absolute atomic E-state index is 0.717. The molecule has 1 heterocycles. The van der Waals surface area contributed by atoms with Crippen molar-refractivity contribution in [3.05, 3.63) is 54.6 Å². The third-order valence-corrected chi connectivity index (χ3v) is 3.21. The van der Waals surface area contributed by atoms with E-state index < -0.39 is 0 Å². The van der Waals surface area contributed by atoms with Crippen molar-refractivity contribution in [2.75, 3.05) is 14.2 Å². The highest BCUT2D eigenvalue weighted by molar-refractivity contribution is 5.82. The number of fused-ring (bicyclic) bond motifs is 1. The van der Waals surface area contributed by atoms with Gasteiger partial charge in [0.2, 0.25) is 5.75 Å². The zero-order valence-corrected chi connectivity index (χ0v) is 11.4. The lowest BCUT2D eigenvalue weighted by atomic mass is 10.1. The predicted molar refractivity (Wildman–Crippen MR) is 79.2 cm³/mol. The summed E-state index contributed by atoms with van der Waals surface area (Å²) in [5.41, 5.74) is 1.78. The van der Waals surface area contributed by atoms with Gasteiger partial charge in [-0.2, -0.15) is 0 Å². The standard InChI is InChI=1S/C17H15O3/c1-18-14-9-7-12(8-10-14)17-16(19-2)11-13-5-3-4-6-15(13)20-17/h3-11H,1-2H3/q+1. The Morgan fingerprint density at radius 1 is 0.850 bits per heavy atom. The zero-order chi connectivity index (χ0) is 13.9. The van der Waals surface area contributed by atoms with E-state index in [4.69, 9.17) is 13.9 Å². The molecule has 0 atom stereocenters. The molecule has 2 aromatic carbocycles. The first-order chi connectivity index (χ1) is 9.81. The van der Waals surface area contributed by atoms with Gasteiger partial charge in [0.15, 0.2) is 0 Å². The number of benzene rings is 2. The van der Waals surface area contributed by atoms with Crippen LogP contribution in [0.3, 0.4) is 0 Å². The van der Waals surface area contributed by atoms with Gasteiger partial charge in [-0.3, -0.25) is 0 Å². The van der Waals surface area contributed by atoms with E-state index >= 15 is 0 Å². The summed E-state index contributed by atoms with van der Waals surface area (Å²) in [6, 6.07) is 17.6. The van der Waals surface area contributed by atoms with Crippen LogP contribution in [0.15, 0.2) is 59.0 Å². The van der Waals surface area contributed by atoms with Gasteiger partial charge in [-0.1, -0.05) is 12.1 Å². The summed E-state index contributed by atoms with van der Waals surface area (Å²) >= 11 is 0. The Morgan fingerprint density at radius 3 is 2.30 bits per heavy atom. The highest BCUT2D eigenvalue weighted by atomic mass is 16.5. The van der Waals surface area contributed by atoms with Crippen LogP contribution in [0.1, 0.15) is 0 Å². The summed E-state index contributed by atoms with van der Waals surface area (Å²) in [5, 5.41) is 1.02. The van der Waals surface area contributed by atoms with E-state index in [2.05, 4.69) is 0 Å². The summed E-state index contributed by atoms with van der Waals surface area (Å²) in [6.45, 7) is 0. The first-order valence-electron chi connectivity index (χ1n) is 6.36. The van der Waals surface area contributed by atoms with E-state index in [9.17, 15) is 0 Å². The molecule has 0 N–H and O–H groups in total. The van der Waals surface area contributed by atoms with Gasteiger partial charge in [0.1, 0.15) is 5.75 Å². The third-order valence-electron chi connectivity index (χ3n) is 3.21. The number of ether oxygens (including phenoxy) is 2. The molecule has 3 rings (SSSR count). The van der Waals surface area contributed by atoms with Crippen LogP contribution < -0.4 is 9.47 Å². The maximum absolute atomic E-state index is 5.98. The van der Waals surface area contributed by atoms with E-state index in [-0.39, 0.29) is 0 Å². The van der Waals surface area contributed by atoms with Crippen molar-refractivity contribution in [3.8, 4) is 22.8 Å². The average Bonchev–Trinajstić information content (AvgIpc) is 2.53. The molecule has 100 valence electrons. The monoisotopic (exact) mass is 267 g/mol. The topological polar surface area (TPSA) is 29.8 Å². The lowest BCUT2D eigenvalue weighted by molar-refractivity contribution is 0.402. The van der Waals surface area contributed by atoms with Gasteiger partial charge in [-0.25, -0.2) is 4.42 Å². The molecule has 0 radical (unpaired) electrons. The van der Waals surface area contributed by atoms with Crippen LogP contribution in [0.4, 0.5) is 0 Å². The average molecular weight is 267 g/mol. The molecule has 1 aromatic heterocycles. The normalized spacial score (nSPS) is 10.5. The summed E-state index contributed by atoms with van der Waals surface area (Å²) < 4.78 is 16.6. The third kappa shape index (κ3) is 2.18. The minimum Gasteiger partial charge on any atom is -0.497 e. The van der Waals surface area contributed by atoms with Gasteiger partial charge in [0.25, 0.3) is 0 Å². The number of rotatable bonds is 3. The second-order valence-corrected chi connectivity index (χ2v) is 4.41. The second-order valence-electron chi connectivity index (χ2n) is 4.41. The van der Waals surface area contributed by atoms with Gasteiger partial charge < -0.3 is 9.47 Å². The van der Waals surface area contributed by atoms with E-state index in [1.807, 2.05) is 54.6 Å². The van der Waals surface area contributed by atoms with E-state index in [0.717, 1.165) is 22.3 Å². The van der Waals surface area contributed by atoms with Crippen molar-refractivity contribution in [2.24, 2.45) is 0 Å². The predicted octanol–water partition coefficient (Wildman–Crippen LogP) is 4.40. The summed E-state index contributed by atoms with van der Waals surface area (Å²) in [5.74, 6) is 2.25. The van der Waals surface area contributed by atoms with Crippen molar-refractivity contribution in [2.45, 2.75) is 0 Å². The molecule has 0 aliphatic carbocycles. The fourth-order valence-corrected chi connectivity index (χ4v) is 2.15. The van der Waals surface area contributed by atoms with Gasteiger partial charge in [-0.05, 0) is 30.3 Å². The maximum Gasteiger partial charge on any atom is 0.402 e. The molecule has 0 fully saturated rings. The largest absolute Gasteiger partial charge is 0.497 e. The number of hydrogen-bond acceptors (Lipinski definition) is 2. The SMILES string of the molecule is COc1ccc(-c2[o+]c3ccccc3cc2OC)cc1. The molecule has 0 spiro atoms. The highest BCUT2D eigenvalue weighted by Gasteiger charge is 2.22. The Balaban J connectivity index is 2.17. The Labute approximate surface area is 117 Å². The number of methoxy groups -OCH3 is 2. The zero-order valence-electron chi connectivity index (χ0n) is 11.4. The molecule has 20 heavy (non-hydrogen) atoms. The van der Waals surface area contributed by atoms with Crippen molar-refractivity contribution in [1.82, 2.24) is 0 Å². The van der Waals surface area contributed by atoms with Crippen LogP contribution in [0.5, 0.6) is 11.5 Å². The molecule has 3 aromatic rings. The number of para-hydroxylation sites is 1. The molecule has 0 saturated heterocycles. The first-order valence-corrected chi connectivity index (χ1v) is 6.36. The lowest BCUT2D eigenvalue weighted by Crippen LogP contribution is -1.89. The Kier molecular flexibility index (Phi) is 3.25. The molecule has 0 amide bonds. The molecule has 3 nitrogen and oxygen atoms in total. The van der Waals surface area contributed by atoms with Crippen molar-refractivity contribution >= 4 is 11.0 Å². The fourth-order valence-electron chi connectivity index (χ4n) is 2.15. The van der Waals surface area contributed by atoms with Crippen molar-refractivity contribution in [1.29, 1.82) is 0 Å². The Morgan fingerprint density at radius 2 is 1.60 bits per heavy atom. The first kappa shape index (κ1) is 12.5. The van der Waals surface area contributed by atoms with Crippen LogP contribution >= 0.6 is 0 Å². The molecule has 0 aliphatic rings. The molecular formula is C17H15O3+. The van der Waals surface area contributed by atoms with E-state index in [0.29, 0.717) is 11.5 Å². The minimum atomic E-state index is 0.717. The van der Waals surface area contributed by atoms with Gasteiger partial charge in [0, 0.05) is 12.1 Å². The van der Waals surface area contributed by atoms with Crippen molar-refractivity contribution < 1.29 is 13.9 Å². The van der Waals surface area contributed by atoms with Crippen LogP contribution in [-0.4, -0.2) is 14.2 Å². The van der Waals surface area contributed by atoms with Crippen molar-refractivity contribution in [3.63, 3.8) is 0 Å². The molecular weight excluding hydrogens is 252 g/mol. The summed E-state index contributed by atoms with van der Waals surface area (Å²) in [7, 11) is 3.29. The highest BCUT2D eigenvalue weighted by Crippen LogP contribution is 2.34. The maximum atomic E-state index is 5.98. The van der Waals surface area contributed by atoms with Crippen LogP contribution in [0.2, 0.25) is 0 Å².